The predicted octanol–water partition coefficient (Wildman–Crippen LogP) is 5.08. The smallest absolute Gasteiger partial charge is 0.115 e. The van der Waals surface area contributed by atoms with Crippen LogP contribution in [0.15, 0.2) is 48.5 Å². The Morgan fingerprint density at radius 2 is 1.93 bits per heavy atom. The fourth-order valence-electron chi connectivity index (χ4n) is 6.48. The molecule has 5 rings (SSSR count). The van der Waals surface area contributed by atoms with E-state index < -0.39 is 0 Å². The summed E-state index contributed by atoms with van der Waals surface area (Å²) in [5, 5.41) is 10.1. The molecule has 0 radical (unpaired) electrons. The van der Waals surface area contributed by atoms with Crippen molar-refractivity contribution in [3.8, 4) is 5.75 Å². The molecule has 2 heteroatoms. The van der Waals surface area contributed by atoms with E-state index in [4.69, 9.17) is 0 Å². The van der Waals surface area contributed by atoms with Crippen LogP contribution in [-0.4, -0.2) is 29.1 Å². The van der Waals surface area contributed by atoms with E-state index in [9.17, 15) is 5.11 Å². The lowest BCUT2D eigenvalue weighted by molar-refractivity contribution is -0.0116. The van der Waals surface area contributed by atoms with E-state index in [-0.39, 0.29) is 0 Å². The number of nitrogens with zero attached hydrogens (tertiary/aromatic N) is 1. The Balaban J connectivity index is 1.37. The van der Waals surface area contributed by atoms with E-state index in [2.05, 4.69) is 47.4 Å². The summed E-state index contributed by atoms with van der Waals surface area (Å²) in [6.45, 7) is 2.45. The molecule has 1 N–H and O–H groups in total. The minimum Gasteiger partial charge on any atom is -0.508 e. The number of hydrogen-bond donors (Lipinski definition) is 1. The minimum absolute atomic E-state index is 0.338. The van der Waals surface area contributed by atoms with Crippen LogP contribution in [-0.2, 0) is 18.3 Å². The Morgan fingerprint density at radius 1 is 1.04 bits per heavy atom. The Labute approximate surface area is 163 Å². The maximum absolute atomic E-state index is 10.1. The highest BCUT2D eigenvalue weighted by molar-refractivity contribution is 5.45. The highest BCUT2D eigenvalue weighted by Crippen LogP contribution is 2.56. The van der Waals surface area contributed by atoms with Crippen LogP contribution >= 0.6 is 0 Å². The van der Waals surface area contributed by atoms with Gasteiger partial charge in [0.05, 0.1) is 0 Å². The van der Waals surface area contributed by atoms with Gasteiger partial charge in [-0.3, -0.25) is 4.90 Å². The van der Waals surface area contributed by atoms with Crippen LogP contribution in [0.3, 0.4) is 0 Å². The number of fused-ring (bicyclic) bond motifs is 1. The lowest BCUT2D eigenvalue weighted by Crippen LogP contribution is -2.61. The summed E-state index contributed by atoms with van der Waals surface area (Å²) in [7, 11) is 0. The Kier molecular flexibility index (Phi) is 4.47. The molecule has 2 nitrogen and oxygen atoms in total. The number of rotatable bonds is 4. The van der Waals surface area contributed by atoms with Gasteiger partial charge in [0.25, 0.3) is 0 Å². The van der Waals surface area contributed by atoms with E-state index in [0.717, 1.165) is 5.92 Å². The topological polar surface area (TPSA) is 23.5 Å². The van der Waals surface area contributed by atoms with Crippen molar-refractivity contribution in [1.29, 1.82) is 0 Å². The number of aromatic hydroxyl groups is 1. The highest BCUT2D eigenvalue weighted by Gasteiger charge is 2.53. The van der Waals surface area contributed by atoms with E-state index in [1.807, 2.05) is 6.07 Å². The first-order valence-corrected chi connectivity index (χ1v) is 10.9. The van der Waals surface area contributed by atoms with Gasteiger partial charge in [0, 0.05) is 11.5 Å². The van der Waals surface area contributed by atoms with E-state index in [1.165, 1.54) is 81.1 Å². The standard InChI is InChI=1S/C25H31NO/c27-21-12-11-20-17-24-22-10-4-5-13-25(22,23(20)18-21)14-16-26(24)15-6-9-19-7-2-1-3-8-19/h1-3,7-8,11-12,18,22,24,27H,4-6,9-10,13-17H2/t22-,24+,25+/m0/s1. The molecule has 0 spiro atoms. The molecule has 3 aliphatic rings. The van der Waals surface area contributed by atoms with Gasteiger partial charge in [0.15, 0.2) is 0 Å². The SMILES string of the molecule is Oc1ccc2c(c1)[C@@]13CCCC[C@H]1[C@@H](C2)N(CCCc1ccccc1)CC3. The van der Waals surface area contributed by atoms with Crippen molar-refractivity contribution in [2.24, 2.45) is 5.92 Å². The lowest BCUT2D eigenvalue weighted by Gasteiger charge is -2.59. The number of phenols is 1. The summed E-state index contributed by atoms with van der Waals surface area (Å²) in [6.07, 6.45) is 10.3. The van der Waals surface area contributed by atoms with Crippen molar-refractivity contribution in [1.82, 2.24) is 4.90 Å². The summed E-state index contributed by atoms with van der Waals surface area (Å²) in [6, 6.07) is 17.8. The van der Waals surface area contributed by atoms with Crippen LogP contribution in [0, 0.1) is 5.92 Å². The molecular weight excluding hydrogens is 330 g/mol. The molecule has 2 bridgehead atoms. The zero-order valence-electron chi connectivity index (χ0n) is 16.2. The molecule has 0 aromatic heterocycles. The normalized spacial score (nSPS) is 29.8. The first-order valence-electron chi connectivity index (χ1n) is 10.9. The molecule has 2 fully saturated rings. The van der Waals surface area contributed by atoms with Gasteiger partial charge in [0.1, 0.15) is 5.75 Å². The summed E-state index contributed by atoms with van der Waals surface area (Å²) >= 11 is 0. The first kappa shape index (κ1) is 17.3. The Hall–Kier alpha value is -1.80. The second-order valence-electron chi connectivity index (χ2n) is 9.00. The summed E-state index contributed by atoms with van der Waals surface area (Å²) in [4.78, 5) is 2.81. The summed E-state index contributed by atoms with van der Waals surface area (Å²) in [5.41, 5.74) is 4.80. The van der Waals surface area contributed by atoms with Crippen molar-refractivity contribution in [3.63, 3.8) is 0 Å². The molecular formula is C25H31NO. The van der Waals surface area contributed by atoms with Crippen LogP contribution in [0.2, 0.25) is 0 Å². The summed E-state index contributed by atoms with van der Waals surface area (Å²) < 4.78 is 0. The monoisotopic (exact) mass is 361 g/mol. The molecule has 1 saturated heterocycles. The molecule has 2 aliphatic carbocycles. The van der Waals surface area contributed by atoms with E-state index in [0.29, 0.717) is 17.2 Å². The highest BCUT2D eigenvalue weighted by atomic mass is 16.3. The van der Waals surface area contributed by atoms with Crippen molar-refractivity contribution >= 4 is 0 Å². The molecule has 1 saturated carbocycles. The van der Waals surface area contributed by atoms with Gasteiger partial charge in [-0.15, -0.1) is 0 Å². The van der Waals surface area contributed by atoms with E-state index >= 15 is 0 Å². The summed E-state index contributed by atoms with van der Waals surface area (Å²) in [5.74, 6) is 1.24. The Morgan fingerprint density at radius 3 is 2.81 bits per heavy atom. The molecule has 0 unspecified atom stereocenters. The zero-order valence-corrected chi connectivity index (χ0v) is 16.2. The maximum atomic E-state index is 10.1. The van der Waals surface area contributed by atoms with Crippen LogP contribution in [0.1, 0.15) is 55.2 Å². The van der Waals surface area contributed by atoms with Crippen molar-refractivity contribution in [2.45, 2.75) is 62.8 Å². The number of piperidine rings is 1. The van der Waals surface area contributed by atoms with Crippen LogP contribution in [0.5, 0.6) is 5.75 Å². The fraction of sp³-hybridized carbons (Fsp3) is 0.520. The molecule has 142 valence electrons. The molecule has 0 amide bonds. The molecule has 3 atom stereocenters. The second-order valence-corrected chi connectivity index (χ2v) is 9.00. The third-order valence-corrected chi connectivity index (χ3v) is 7.69. The van der Waals surface area contributed by atoms with Crippen molar-refractivity contribution < 1.29 is 5.11 Å². The third kappa shape index (κ3) is 2.99. The van der Waals surface area contributed by atoms with Gasteiger partial charge >= 0.3 is 0 Å². The molecule has 2 aromatic carbocycles. The van der Waals surface area contributed by atoms with Gasteiger partial charge in [-0.05, 0) is 86.4 Å². The quantitative estimate of drug-likeness (QED) is 0.820. The van der Waals surface area contributed by atoms with Gasteiger partial charge < -0.3 is 5.11 Å². The van der Waals surface area contributed by atoms with Crippen LogP contribution in [0.25, 0.3) is 0 Å². The minimum atomic E-state index is 0.338. The zero-order chi connectivity index (χ0) is 18.3. The number of likely N-dealkylation sites (tertiary alicyclic amines) is 1. The third-order valence-electron chi connectivity index (χ3n) is 7.69. The van der Waals surface area contributed by atoms with Crippen LogP contribution < -0.4 is 0 Å². The Bertz CT molecular complexity index is 801. The molecule has 2 aromatic rings. The van der Waals surface area contributed by atoms with Gasteiger partial charge in [0.2, 0.25) is 0 Å². The van der Waals surface area contributed by atoms with Crippen molar-refractivity contribution in [2.75, 3.05) is 13.1 Å². The van der Waals surface area contributed by atoms with Gasteiger partial charge in [-0.1, -0.05) is 49.2 Å². The number of phenolic OH excluding ortho intramolecular Hbond substituents is 1. The first-order chi connectivity index (χ1) is 13.3. The van der Waals surface area contributed by atoms with Crippen molar-refractivity contribution in [3.05, 3.63) is 65.2 Å². The number of aryl methyl sites for hydroxylation is 1. The fourth-order valence-corrected chi connectivity index (χ4v) is 6.48. The van der Waals surface area contributed by atoms with Gasteiger partial charge in [-0.2, -0.15) is 0 Å². The predicted molar refractivity (Wildman–Crippen MR) is 110 cm³/mol. The number of hydrogen-bond acceptors (Lipinski definition) is 2. The average molecular weight is 362 g/mol. The molecule has 1 aliphatic heterocycles. The average Bonchev–Trinajstić information content (AvgIpc) is 2.71. The van der Waals surface area contributed by atoms with Crippen LogP contribution in [0.4, 0.5) is 0 Å². The molecule has 1 heterocycles. The van der Waals surface area contributed by atoms with Gasteiger partial charge in [-0.25, -0.2) is 0 Å². The number of benzene rings is 2. The van der Waals surface area contributed by atoms with E-state index in [1.54, 1.807) is 0 Å². The largest absolute Gasteiger partial charge is 0.508 e. The lowest BCUT2D eigenvalue weighted by atomic mass is 9.52. The molecule has 27 heavy (non-hydrogen) atoms. The maximum Gasteiger partial charge on any atom is 0.115 e. The second kappa shape index (κ2) is 6.98.